The fraction of sp³-hybridized carbons (Fsp3) is 0.125. The molecule has 0 fully saturated rings. The molecule has 0 N–H and O–H groups in total. The Morgan fingerprint density at radius 3 is 2.62 bits per heavy atom. The number of aryl methyl sites for hydroxylation is 1. The summed E-state index contributed by atoms with van der Waals surface area (Å²) in [6.45, 7) is 2.09. The van der Waals surface area contributed by atoms with Crippen LogP contribution in [0.25, 0.3) is 0 Å². The first-order valence-corrected chi connectivity index (χ1v) is 6.56. The van der Waals surface area contributed by atoms with Gasteiger partial charge in [0.1, 0.15) is 17.6 Å². The number of anilines is 1. The Morgan fingerprint density at radius 1 is 1.19 bits per heavy atom. The molecule has 0 saturated carbocycles. The second kappa shape index (κ2) is 5.66. The van der Waals surface area contributed by atoms with Gasteiger partial charge in [0.2, 0.25) is 0 Å². The lowest BCUT2D eigenvalue weighted by Gasteiger charge is -2.21. The molecule has 0 aliphatic heterocycles. The highest BCUT2D eigenvalue weighted by atomic mass is 16.5. The molecule has 0 radical (unpaired) electrons. The maximum Gasteiger partial charge on any atom is 0.263 e. The third kappa shape index (κ3) is 2.72. The van der Waals surface area contributed by atoms with Crippen molar-refractivity contribution in [2.24, 2.45) is 0 Å². The molecule has 0 atom stereocenters. The van der Waals surface area contributed by atoms with E-state index in [1.807, 2.05) is 36.4 Å². The van der Waals surface area contributed by atoms with E-state index in [-0.39, 0.29) is 5.91 Å². The fourth-order valence-electron chi connectivity index (χ4n) is 2.09. The predicted molar refractivity (Wildman–Crippen MR) is 76.9 cm³/mol. The lowest BCUT2D eigenvalue weighted by Crippen LogP contribution is -2.30. The standard InChI is InChI=1S/C16H14N2O3/c1-12-15(11-21-17-12)16(19)18(10-14-8-5-9-20-14)13-6-3-2-4-7-13/h2-9,11H,10H2,1H3. The normalized spacial score (nSPS) is 10.5. The van der Waals surface area contributed by atoms with Gasteiger partial charge in [-0.15, -0.1) is 0 Å². The number of furan rings is 1. The van der Waals surface area contributed by atoms with Crippen LogP contribution < -0.4 is 4.90 Å². The Hall–Kier alpha value is -2.82. The summed E-state index contributed by atoms with van der Waals surface area (Å²) in [5.41, 5.74) is 1.81. The third-order valence-corrected chi connectivity index (χ3v) is 3.19. The summed E-state index contributed by atoms with van der Waals surface area (Å²) >= 11 is 0. The number of para-hydroxylation sites is 1. The minimum Gasteiger partial charge on any atom is -0.467 e. The first-order valence-electron chi connectivity index (χ1n) is 6.56. The van der Waals surface area contributed by atoms with Gasteiger partial charge in [0, 0.05) is 5.69 Å². The number of rotatable bonds is 4. The number of aromatic nitrogens is 1. The molecule has 0 spiro atoms. The van der Waals surface area contributed by atoms with Gasteiger partial charge in [0.05, 0.1) is 18.5 Å². The summed E-state index contributed by atoms with van der Waals surface area (Å²) in [6, 6.07) is 13.1. The topological polar surface area (TPSA) is 59.5 Å². The highest BCUT2D eigenvalue weighted by Gasteiger charge is 2.22. The number of hydrogen-bond acceptors (Lipinski definition) is 4. The van der Waals surface area contributed by atoms with Crippen LogP contribution in [0.2, 0.25) is 0 Å². The minimum atomic E-state index is -0.170. The molecule has 1 amide bonds. The fourth-order valence-corrected chi connectivity index (χ4v) is 2.09. The molecule has 3 rings (SSSR count). The van der Waals surface area contributed by atoms with Gasteiger partial charge in [0.25, 0.3) is 5.91 Å². The van der Waals surface area contributed by atoms with Crippen LogP contribution in [0.5, 0.6) is 0 Å². The number of benzene rings is 1. The minimum absolute atomic E-state index is 0.170. The third-order valence-electron chi connectivity index (χ3n) is 3.19. The second-order valence-corrected chi connectivity index (χ2v) is 4.62. The van der Waals surface area contributed by atoms with Crippen molar-refractivity contribution in [3.8, 4) is 0 Å². The molecule has 0 aliphatic carbocycles. The lowest BCUT2D eigenvalue weighted by atomic mass is 10.2. The van der Waals surface area contributed by atoms with Crippen molar-refractivity contribution < 1.29 is 13.7 Å². The van der Waals surface area contributed by atoms with E-state index in [9.17, 15) is 4.79 Å². The van der Waals surface area contributed by atoms with Gasteiger partial charge >= 0.3 is 0 Å². The SMILES string of the molecule is Cc1nocc1C(=O)N(Cc1ccco1)c1ccccc1. The zero-order valence-electron chi connectivity index (χ0n) is 11.5. The Labute approximate surface area is 121 Å². The Balaban J connectivity index is 1.96. The number of carbonyl (C=O) groups excluding carboxylic acids is 1. The first-order chi connectivity index (χ1) is 10.3. The van der Waals surface area contributed by atoms with Gasteiger partial charge in [-0.2, -0.15) is 0 Å². The van der Waals surface area contributed by atoms with Crippen LogP contribution in [0, 0.1) is 6.92 Å². The smallest absolute Gasteiger partial charge is 0.263 e. The van der Waals surface area contributed by atoms with E-state index in [0.717, 1.165) is 5.69 Å². The van der Waals surface area contributed by atoms with Crippen molar-refractivity contribution in [2.75, 3.05) is 4.90 Å². The molecule has 106 valence electrons. The molecule has 2 aromatic heterocycles. The maximum absolute atomic E-state index is 12.7. The van der Waals surface area contributed by atoms with E-state index in [1.165, 1.54) is 6.26 Å². The zero-order chi connectivity index (χ0) is 14.7. The largest absolute Gasteiger partial charge is 0.467 e. The van der Waals surface area contributed by atoms with Crippen LogP contribution >= 0.6 is 0 Å². The van der Waals surface area contributed by atoms with Crippen molar-refractivity contribution in [3.05, 3.63) is 72.0 Å². The molecule has 0 unspecified atom stereocenters. The monoisotopic (exact) mass is 282 g/mol. The molecular formula is C16H14N2O3. The van der Waals surface area contributed by atoms with E-state index in [4.69, 9.17) is 8.94 Å². The summed E-state index contributed by atoms with van der Waals surface area (Å²) in [4.78, 5) is 14.4. The quantitative estimate of drug-likeness (QED) is 0.735. The van der Waals surface area contributed by atoms with Crippen LogP contribution in [0.1, 0.15) is 21.8 Å². The summed E-state index contributed by atoms with van der Waals surface area (Å²) in [5.74, 6) is 0.540. The zero-order valence-corrected chi connectivity index (χ0v) is 11.5. The molecule has 5 nitrogen and oxygen atoms in total. The highest BCUT2D eigenvalue weighted by molar-refractivity contribution is 6.06. The van der Waals surface area contributed by atoms with Crippen LogP contribution in [0.3, 0.4) is 0 Å². The van der Waals surface area contributed by atoms with Crippen molar-refractivity contribution >= 4 is 11.6 Å². The van der Waals surface area contributed by atoms with Crippen LogP contribution in [0.4, 0.5) is 5.69 Å². The second-order valence-electron chi connectivity index (χ2n) is 4.62. The molecule has 0 saturated heterocycles. The Morgan fingerprint density at radius 2 is 2.00 bits per heavy atom. The molecule has 2 heterocycles. The summed E-state index contributed by atoms with van der Waals surface area (Å²) in [6.07, 6.45) is 2.96. The molecular weight excluding hydrogens is 268 g/mol. The summed E-state index contributed by atoms with van der Waals surface area (Å²) < 4.78 is 10.2. The van der Waals surface area contributed by atoms with Crippen LogP contribution in [-0.4, -0.2) is 11.1 Å². The molecule has 1 aromatic carbocycles. The van der Waals surface area contributed by atoms with E-state index >= 15 is 0 Å². The van der Waals surface area contributed by atoms with Crippen molar-refractivity contribution in [1.29, 1.82) is 0 Å². The molecule has 21 heavy (non-hydrogen) atoms. The van der Waals surface area contributed by atoms with Gasteiger partial charge in [-0.25, -0.2) is 0 Å². The van der Waals surface area contributed by atoms with Crippen molar-refractivity contribution in [1.82, 2.24) is 5.16 Å². The Kier molecular flexibility index (Phi) is 3.55. The highest BCUT2D eigenvalue weighted by Crippen LogP contribution is 2.21. The number of nitrogens with zero attached hydrogens (tertiary/aromatic N) is 2. The Bertz CT molecular complexity index is 717. The number of hydrogen-bond donors (Lipinski definition) is 0. The predicted octanol–water partition coefficient (Wildman–Crippen LogP) is 3.42. The summed E-state index contributed by atoms with van der Waals surface area (Å²) in [7, 11) is 0. The average molecular weight is 282 g/mol. The molecule has 0 bridgehead atoms. The van der Waals surface area contributed by atoms with Gasteiger partial charge in [-0.1, -0.05) is 23.4 Å². The first kappa shape index (κ1) is 13.2. The molecule has 0 aliphatic rings. The van der Waals surface area contributed by atoms with Gasteiger partial charge < -0.3 is 13.8 Å². The maximum atomic E-state index is 12.7. The van der Waals surface area contributed by atoms with Crippen molar-refractivity contribution in [2.45, 2.75) is 13.5 Å². The van der Waals surface area contributed by atoms with E-state index in [0.29, 0.717) is 23.6 Å². The number of amides is 1. The van der Waals surface area contributed by atoms with E-state index < -0.39 is 0 Å². The van der Waals surface area contributed by atoms with Crippen LogP contribution in [-0.2, 0) is 6.54 Å². The van der Waals surface area contributed by atoms with E-state index in [2.05, 4.69) is 5.16 Å². The molecule has 5 heteroatoms. The average Bonchev–Trinajstić information content (AvgIpc) is 3.16. The lowest BCUT2D eigenvalue weighted by molar-refractivity contribution is 0.0982. The van der Waals surface area contributed by atoms with Gasteiger partial charge in [0.15, 0.2) is 0 Å². The van der Waals surface area contributed by atoms with Gasteiger partial charge in [-0.05, 0) is 31.2 Å². The van der Waals surface area contributed by atoms with Crippen molar-refractivity contribution in [3.63, 3.8) is 0 Å². The van der Waals surface area contributed by atoms with Crippen LogP contribution in [0.15, 0.2) is 63.9 Å². The van der Waals surface area contributed by atoms with E-state index in [1.54, 1.807) is 24.2 Å². The number of carbonyl (C=O) groups is 1. The summed E-state index contributed by atoms with van der Waals surface area (Å²) in [5, 5.41) is 3.76. The molecule has 3 aromatic rings. The van der Waals surface area contributed by atoms with Gasteiger partial charge in [-0.3, -0.25) is 4.79 Å².